The summed E-state index contributed by atoms with van der Waals surface area (Å²) in [6, 6.07) is 9.18. The average molecular weight is 214 g/mol. The highest BCUT2D eigenvalue weighted by atomic mass is 35.5. The Morgan fingerprint density at radius 2 is 1.77 bits per heavy atom. The number of halogens is 1. The highest BCUT2D eigenvalue weighted by Gasteiger charge is 2.00. The van der Waals surface area contributed by atoms with Gasteiger partial charge in [0.05, 0.1) is 0 Å². The number of hydrogen-bond acceptors (Lipinski definition) is 1. The van der Waals surface area contributed by atoms with Crippen molar-refractivity contribution in [2.75, 3.05) is 0 Å². The fourth-order valence-electron chi connectivity index (χ4n) is 1.12. The molecule has 1 radical (unpaired) electrons. The van der Waals surface area contributed by atoms with Gasteiger partial charge < -0.3 is 4.80 Å². The SMILES string of the molecule is C[Si](O)CCc1ccc(CCl)cc1. The zero-order valence-corrected chi connectivity index (χ0v) is 9.51. The molecule has 0 aromatic heterocycles. The first kappa shape index (κ1) is 10.8. The molecule has 0 saturated carbocycles. The minimum absolute atomic E-state index is 0.573. The Morgan fingerprint density at radius 3 is 2.23 bits per heavy atom. The van der Waals surface area contributed by atoms with Crippen LogP contribution in [-0.4, -0.2) is 13.8 Å². The Bertz CT molecular complexity index is 246. The highest BCUT2D eigenvalue weighted by Crippen LogP contribution is 2.09. The van der Waals surface area contributed by atoms with Gasteiger partial charge in [-0.15, -0.1) is 11.6 Å². The molecule has 0 saturated heterocycles. The quantitative estimate of drug-likeness (QED) is 0.602. The van der Waals surface area contributed by atoms with Crippen molar-refractivity contribution in [3.8, 4) is 0 Å². The molecule has 3 heteroatoms. The largest absolute Gasteiger partial charge is 0.432 e. The van der Waals surface area contributed by atoms with E-state index >= 15 is 0 Å². The summed E-state index contributed by atoms with van der Waals surface area (Å²) in [7, 11) is -1.07. The molecule has 0 amide bonds. The molecule has 0 unspecified atom stereocenters. The summed E-state index contributed by atoms with van der Waals surface area (Å²) in [5.41, 5.74) is 2.43. The predicted octanol–water partition coefficient (Wildman–Crippen LogP) is 2.58. The van der Waals surface area contributed by atoms with Crippen LogP contribution < -0.4 is 0 Å². The predicted molar refractivity (Wildman–Crippen MR) is 58.3 cm³/mol. The normalized spacial score (nSPS) is 10.8. The van der Waals surface area contributed by atoms with Crippen LogP contribution in [0.4, 0.5) is 0 Å². The van der Waals surface area contributed by atoms with Crippen molar-refractivity contribution >= 4 is 20.6 Å². The van der Waals surface area contributed by atoms with Crippen LogP contribution in [0.5, 0.6) is 0 Å². The summed E-state index contributed by atoms with van der Waals surface area (Å²) >= 11 is 5.67. The first-order chi connectivity index (χ1) is 6.22. The van der Waals surface area contributed by atoms with E-state index < -0.39 is 9.04 Å². The molecule has 1 N–H and O–H groups in total. The number of alkyl halides is 1. The van der Waals surface area contributed by atoms with E-state index in [-0.39, 0.29) is 0 Å². The molecule has 13 heavy (non-hydrogen) atoms. The van der Waals surface area contributed by atoms with Crippen molar-refractivity contribution in [1.82, 2.24) is 0 Å². The Labute approximate surface area is 86.1 Å². The van der Waals surface area contributed by atoms with E-state index in [0.717, 1.165) is 18.0 Å². The number of benzene rings is 1. The fourth-order valence-corrected chi connectivity index (χ4v) is 1.95. The Morgan fingerprint density at radius 1 is 1.23 bits per heavy atom. The number of aryl methyl sites for hydroxylation is 1. The Balaban J connectivity index is 2.49. The minimum Gasteiger partial charge on any atom is -0.432 e. The van der Waals surface area contributed by atoms with Crippen molar-refractivity contribution in [2.24, 2.45) is 0 Å². The third-order valence-corrected chi connectivity index (χ3v) is 3.23. The van der Waals surface area contributed by atoms with Gasteiger partial charge in [-0.05, 0) is 30.1 Å². The number of hydrogen-bond donors (Lipinski definition) is 1. The molecule has 0 aliphatic heterocycles. The lowest BCUT2D eigenvalue weighted by molar-refractivity contribution is 0.575. The van der Waals surface area contributed by atoms with Crippen LogP contribution >= 0.6 is 11.6 Å². The van der Waals surface area contributed by atoms with E-state index in [0.29, 0.717) is 5.88 Å². The second-order valence-corrected chi connectivity index (χ2v) is 5.42. The maximum absolute atomic E-state index is 9.20. The number of rotatable bonds is 4. The second-order valence-electron chi connectivity index (χ2n) is 3.19. The Kier molecular flexibility index (Phi) is 4.49. The minimum atomic E-state index is -1.07. The summed E-state index contributed by atoms with van der Waals surface area (Å²) in [6.07, 6.45) is 0.976. The van der Waals surface area contributed by atoms with Crippen LogP contribution in [0.3, 0.4) is 0 Å². The summed E-state index contributed by atoms with van der Waals surface area (Å²) in [6.45, 7) is 1.91. The summed E-state index contributed by atoms with van der Waals surface area (Å²) in [5.74, 6) is 0.573. The standard InChI is InChI=1S/C10H14ClOSi/c1-13(12)7-6-9-2-4-10(8-11)5-3-9/h2-5,12H,6-8H2,1H3. The van der Waals surface area contributed by atoms with Crippen LogP contribution in [0.25, 0.3) is 0 Å². The van der Waals surface area contributed by atoms with Crippen molar-refractivity contribution in [3.05, 3.63) is 35.4 Å². The molecule has 0 fully saturated rings. The zero-order valence-electron chi connectivity index (χ0n) is 7.76. The van der Waals surface area contributed by atoms with Gasteiger partial charge in [-0.1, -0.05) is 24.3 Å². The lowest BCUT2D eigenvalue weighted by Gasteiger charge is -2.02. The molecule has 0 heterocycles. The maximum atomic E-state index is 9.20. The fraction of sp³-hybridized carbons (Fsp3) is 0.400. The van der Waals surface area contributed by atoms with Crippen molar-refractivity contribution in [1.29, 1.82) is 0 Å². The molecule has 1 aromatic carbocycles. The van der Waals surface area contributed by atoms with E-state index in [1.54, 1.807) is 0 Å². The second kappa shape index (κ2) is 5.42. The lowest BCUT2D eigenvalue weighted by atomic mass is 10.1. The molecular weight excluding hydrogens is 200 g/mol. The molecule has 1 aromatic rings. The van der Waals surface area contributed by atoms with Gasteiger partial charge in [0, 0.05) is 5.88 Å². The van der Waals surface area contributed by atoms with Gasteiger partial charge in [-0.25, -0.2) is 0 Å². The molecule has 0 spiro atoms. The summed E-state index contributed by atoms with van der Waals surface area (Å²) in [4.78, 5) is 9.20. The van der Waals surface area contributed by atoms with Gasteiger partial charge in [0.2, 0.25) is 9.04 Å². The molecular formula is C10H14ClOSi. The highest BCUT2D eigenvalue weighted by molar-refractivity contribution is 6.48. The van der Waals surface area contributed by atoms with E-state index in [2.05, 4.69) is 12.1 Å². The van der Waals surface area contributed by atoms with Crippen LogP contribution in [0, 0.1) is 0 Å². The molecule has 1 nitrogen and oxygen atoms in total. The van der Waals surface area contributed by atoms with Crippen molar-refractivity contribution in [3.63, 3.8) is 0 Å². The van der Waals surface area contributed by atoms with Crippen LogP contribution in [-0.2, 0) is 12.3 Å². The maximum Gasteiger partial charge on any atom is 0.204 e. The van der Waals surface area contributed by atoms with Gasteiger partial charge in [-0.3, -0.25) is 0 Å². The van der Waals surface area contributed by atoms with Crippen LogP contribution in [0.1, 0.15) is 11.1 Å². The van der Waals surface area contributed by atoms with Gasteiger partial charge in [0.25, 0.3) is 0 Å². The molecule has 1 rings (SSSR count). The van der Waals surface area contributed by atoms with E-state index in [4.69, 9.17) is 11.6 Å². The third-order valence-electron chi connectivity index (χ3n) is 1.95. The molecule has 0 aliphatic rings. The first-order valence-electron chi connectivity index (χ1n) is 4.37. The van der Waals surface area contributed by atoms with E-state index in [9.17, 15) is 4.80 Å². The third kappa shape index (κ3) is 3.94. The van der Waals surface area contributed by atoms with E-state index in [1.165, 1.54) is 5.56 Å². The smallest absolute Gasteiger partial charge is 0.204 e. The summed E-state index contributed by atoms with van der Waals surface area (Å²) in [5, 5.41) is 0. The van der Waals surface area contributed by atoms with Gasteiger partial charge >= 0.3 is 0 Å². The topological polar surface area (TPSA) is 20.2 Å². The van der Waals surface area contributed by atoms with Gasteiger partial charge in [0.1, 0.15) is 0 Å². The van der Waals surface area contributed by atoms with Gasteiger partial charge in [-0.2, -0.15) is 0 Å². The zero-order chi connectivity index (χ0) is 9.68. The Hall–Kier alpha value is -0.313. The first-order valence-corrected chi connectivity index (χ1v) is 7.06. The van der Waals surface area contributed by atoms with Gasteiger partial charge in [0.15, 0.2) is 0 Å². The molecule has 0 aliphatic carbocycles. The summed E-state index contributed by atoms with van der Waals surface area (Å²) < 4.78 is 0. The molecule has 0 atom stereocenters. The monoisotopic (exact) mass is 213 g/mol. The van der Waals surface area contributed by atoms with E-state index in [1.807, 2.05) is 18.7 Å². The average Bonchev–Trinajstić information content (AvgIpc) is 2.15. The molecule has 0 bridgehead atoms. The van der Waals surface area contributed by atoms with Crippen molar-refractivity contribution in [2.45, 2.75) is 24.9 Å². The van der Waals surface area contributed by atoms with Crippen LogP contribution in [0.2, 0.25) is 12.6 Å². The lowest BCUT2D eigenvalue weighted by Crippen LogP contribution is -2.05. The van der Waals surface area contributed by atoms with Crippen molar-refractivity contribution < 1.29 is 4.80 Å². The van der Waals surface area contributed by atoms with Crippen LogP contribution in [0.15, 0.2) is 24.3 Å². The molecule has 71 valence electrons.